The molecule has 66 valence electrons. The number of hydrogen-bond donors (Lipinski definition) is 5. The molecule has 1 aliphatic heterocycles. The second-order valence-corrected chi connectivity index (χ2v) is 2.85. The van der Waals surface area contributed by atoms with Crippen molar-refractivity contribution in [2.75, 3.05) is 6.61 Å². The maximum absolute atomic E-state index is 9.30. The van der Waals surface area contributed by atoms with E-state index in [4.69, 9.17) is 5.11 Å². The van der Waals surface area contributed by atoms with Crippen molar-refractivity contribution in [1.82, 2.24) is 10.9 Å². The number of hydrazine groups is 1. The molecular formula is C6H14N2O3. The van der Waals surface area contributed by atoms with E-state index in [2.05, 4.69) is 10.9 Å². The summed E-state index contributed by atoms with van der Waals surface area (Å²) in [5, 5.41) is 27.3. The lowest BCUT2D eigenvalue weighted by Crippen LogP contribution is -2.66. The van der Waals surface area contributed by atoms with Gasteiger partial charge in [-0.15, -0.1) is 0 Å². The molecule has 0 radical (unpaired) electrons. The summed E-state index contributed by atoms with van der Waals surface area (Å²) in [4.78, 5) is 0. The first-order valence-corrected chi connectivity index (χ1v) is 3.65. The summed E-state index contributed by atoms with van der Waals surface area (Å²) in [5.74, 6) is 0. The number of aliphatic hydroxyl groups is 3. The largest absolute Gasteiger partial charge is 0.395 e. The van der Waals surface area contributed by atoms with Gasteiger partial charge in [0, 0.05) is 6.04 Å². The van der Waals surface area contributed by atoms with Gasteiger partial charge < -0.3 is 15.3 Å². The Labute approximate surface area is 65.0 Å². The van der Waals surface area contributed by atoms with E-state index in [9.17, 15) is 10.2 Å². The molecule has 4 atom stereocenters. The van der Waals surface area contributed by atoms with Crippen LogP contribution >= 0.6 is 0 Å². The monoisotopic (exact) mass is 162 g/mol. The highest BCUT2D eigenvalue weighted by Crippen LogP contribution is 2.07. The van der Waals surface area contributed by atoms with Gasteiger partial charge in [-0.2, -0.15) is 0 Å². The Kier molecular flexibility index (Phi) is 2.80. The van der Waals surface area contributed by atoms with Gasteiger partial charge in [0.05, 0.1) is 18.8 Å². The summed E-state index contributed by atoms with van der Waals surface area (Å²) in [6.07, 6.45) is -1.73. The minimum atomic E-state index is -0.906. The average Bonchev–Trinajstić information content (AvgIpc) is 2.01. The topological polar surface area (TPSA) is 84.8 Å². The molecule has 1 fully saturated rings. The number of nitrogens with one attached hydrogen (secondary N) is 2. The van der Waals surface area contributed by atoms with Crippen LogP contribution in [0, 0.1) is 0 Å². The molecule has 0 bridgehead atoms. The first kappa shape index (κ1) is 8.89. The zero-order valence-electron chi connectivity index (χ0n) is 6.36. The summed E-state index contributed by atoms with van der Waals surface area (Å²) in [5.41, 5.74) is 5.43. The van der Waals surface area contributed by atoms with E-state index < -0.39 is 18.2 Å². The molecule has 0 aromatic rings. The van der Waals surface area contributed by atoms with Crippen LogP contribution in [0.5, 0.6) is 0 Å². The van der Waals surface area contributed by atoms with Crippen molar-refractivity contribution >= 4 is 0 Å². The van der Waals surface area contributed by atoms with E-state index in [-0.39, 0.29) is 12.6 Å². The lowest BCUT2D eigenvalue weighted by atomic mass is 9.99. The lowest BCUT2D eigenvalue weighted by molar-refractivity contribution is -0.0639. The predicted octanol–water partition coefficient (Wildman–Crippen LogP) is -2.43. The minimum Gasteiger partial charge on any atom is -0.395 e. The predicted molar refractivity (Wildman–Crippen MR) is 38.6 cm³/mol. The fourth-order valence-corrected chi connectivity index (χ4v) is 1.10. The zero-order valence-corrected chi connectivity index (χ0v) is 6.36. The van der Waals surface area contributed by atoms with Gasteiger partial charge >= 0.3 is 0 Å². The molecule has 0 aromatic carbocycles. The van der Waals surface area contributed by atoms with Gasteiger partial charge in [-0.3, -0.25) is 5.43 Å². The van der Waals surface area contributed by atoms with Crippen LogP contribution in [0.4, 0.5) is 0 Å². The van der Waals surface area contributed by atoms with Crippen LogP contribution in [0.1, 0.15) is 6.92 Å². The summed E-state index contributed by atoms with van der Waals surface area (Å²) >= 11 is 0. The Morgan fingerprint density at radius 1 is 1.18 bits per heavy atom. The highest BCUT2D eigenvalue weighted by atomic mass is 16.3. The van der Waals surface area contributed by atoms with Crippen LogP contribution in [0.3, 0.4) is 0 Å². The molecule has 5 heteroatoms. The first-order valence-electron chi connectivity index (χ1n) is 3.65. The van der Waals surface area contributed by atoms with Crippen LogP contribution in [0.2, 0.25) is 0 Å². The van der Waals surface area contributed by atoms with E-state index >= 15 is 0 Å². The van der Waals surface area contributed by atoms with Gasteiger partial charge in [0.2, 0.25) is 0 Å². The summed E-state index contributed by atoms with van der Waals surface area (Å²) in [7, 11) is 0. The van der Waals surface area contributed by atoms with Crippen molar-refractivity contribution in [1.29, 1.82) is 0 Å². The molecule has 5 nitrogen and oxygen atoms in total. The second-order valence-electron chi connectivity index (χ2n) is 2.85. The normalized spacial score (nSPS) is 45.8. The highest BCUT2D eigenvalue weighted by Gasteiger charge is 2.34. The van der Waals surface area contributed by atoms with E-state index in [0.29, 0.717) is 0 Å². The molecule has 1 aliphatic rings. The van der Waals surface area contributed by atoms with Crippen molar-refractivity contribution in [2.45, 2.75) is 31.2 Å². The van der Waals surface area contributed by atoms with E-state index in [0.717, 1.165) is 0 Å². The zero-order chi connectivity index (χ0) is 8.43. The van der Waals surface area contributed by atoms with E-state index in [1.807, 2.05) is 0 Å². The minimum absolute atomic E-state index is 0.196. The van der Waals surface area contributed by atoms with Crippen LogP contribution in [-0.4, -0.2) is 46.2 Å². The molecule has 1 heterocycles. The van der Waals surface area contributed by atoms with Crippen LogP contribution in [0.15, 0.2) is 0 Å². The Balaban J connectivity index is 2.52. The van der Waals surface area contributed by atoms with Gasteiger partial charge in [0.15, 0.2) is 0 Å². The average molecular weight is 162 g/mol. The third-order valence-corrected chi connectivity index (χ3v) is 1.97. The summed E-state index contributed by atoms with van der Waals surface area (Å²) < 4.78 is 0. The van der Waals surface area contributed by atoms with E-state index in [1.165, 1.54) is 0 Å². The first-order chi connectivity index (χ1) is 5.16. The fraction of sp³-hybridized carbons (Fsp3) is 1.00. The molecule has 1 saturated heterocycles. The quantitative estimate of drug-likeness (QED) is 0.296. The van der Waals surface area contributed by atoms with Crippen molar-refractivity contribution in [3.63, 3.8) is 0 Å². The maximum atomic E-state index is 9.30. The van der Waals surface area contributed by atoms with Gasteiger partial charge in [-0.1, -0.05) is 0 Å². The van der Waals surface area contributed by atoms with Crippen LogP contribution in [0.25, 0.3) is 0 Å². The molecule has 0 aromatic heterocycles. The highest BCUT2D eigenvalue weighted by molar-refractivity contribution is 4.89. The number of hydrogen-bond acceptors (Lipinski definition) is 5. The Morgan fingerprint density at radius 2 is 1.82 bits per heavy atom. The van der Waals surface area contributed by atoms with E-state index in [1.54, 1.807) is 6.92 Å². The van der Waals surface area contributed by atoms with Crippen molar-refractivity contribution in [3.8, 4) is 0 Å². The Bertz CT molecular complexity index is 131. The molecular weight excluding hydrogens is 148 g/mol. The Morgan fingerprint density at radius 3 is 2.36 bits per heavy atom. The molecule has 0 spiro atoms. The molecule has 0 saturated carbocycles. The number of rotatable bonds is 1. The molecule has 0 unspecified atom stereocenters. The fourth-order valence-electron chi connectivity index (χ4n) is 1.10. The van der Waals surface area contributed by atoms with Crippen LogP contribution < -0.4 is 10.9 Å². The third kappa shape index (κ3) is 1.69. The third-order valence-electron chi connectivity index (χ3n) is 1.97. The van der Waals surface area contributed by atoms with Crippen molar-refractivity contribution in [3.05, 3.63) is 0 Å². The molecule has 1 rings (SSSR count). The lowest BCUT2D eigenvalue weighted by Gasteiger charge is -2.36. The van der Waals surface area contributed by atoms with Crippen molar-refractivity contribution in [2.24, 2.45) is 0 Å². The van der Waals surface area contributed by atoms with Gasteiger partial charge in [0.25, 0.3) is 0 Å². The van der Waals surface area contributed by atoms with Gasteiger partial charge in [0.1, 0.15) is 6.10 Å². The van der Waals surface area contributed by atoms with Gasteiger partial charge in [-0.05, 0) is 6.92 Å². The Hall–Kier alpha value is -0.200. The molecule has 0 aliphatic carbocycles. The maximum Gasteiger partial charge on any atom is 0.100 e. The SMILES string of the molecule is C[C@@H]1NN[C@@H](CO)[C@H](O)[C@@H]1O. The summed E-state index contributed by atoms with van der Waals surface area (Å²) in [6.45, 7) is 1.55. The standard InChI is InChI=1S/C6H14N2O3/c1-3-5(10)6(11)4(2-9)8-7-3/h3-11H,2H2,1H3/t3-,4-,5+,6-/m0/s1. The number of aliphatic hydroxyl groups excluding tert-OH is 3. The van der Waals surface area contributed by atoms with Crippen LogP contribution in [-0.2, 0) is 0 Å². The smallest absolute Gasteiger partial charge is 0.100 e. The molecule has 11 heavy (non-hydrogen) atoms. The second kappa shape index (κ2) is 3.46. The molecule has 5 N–H and O–H groups in total. The van der Waals surface area contributed by atoms with Gasteiger partial charge in [-0.25, -0.2) is 5.43 Å². The molecule has 0 amide bonds. The summed E-state index contributed by atoms with van der Waals surface area (Å²) in [6, 6.07) is -0.686. The van der Waals surface area contributed by atoms with Crippen molar-refractivity contribution < 1.29 is 15.3 Å².